The Kier molecular flexibility index (Phi) is 5.71. The van der Waals surface area contributed by atoms with Gasteiger partial charge in [-0.15, -0.1) is 5.10 Å². The number of piperazine rings is 1. The molecule has 1 aliphatic rings. The van der Waals surface area contributed by atoms with Gasteiger partial charge in [0, 0.05) is 37.6 Å². The molecule has 2 aromatic carbocycles. The Morgan fingerprint density at radius 1 is 0.931 bits per heavy atom. The van der Waals surface area contributed by atoms with Crippen LogP contribution in [0.25, 0.3) is 0 Å². The highest BCUT2D eigenvalue weighted by molar-refractivity contribution is 5.64. The van der Waals surface area contributed by atoms with Crippen LogP contribution in [0.2, 0.25) is 0 Å². The molecule has 0 saturated carbocycles. The molecule has 8 nitrogen and oxygen atoms in total. The number of hydrogen-bond acceptors (Lipinski definition) is 8. The van der Waals surface area contributed by atoms with E-state index in [1.54, 1.807) is 13.3 Å². The molecule has 0 radical (unpaired) electrons. The van der Waals surface area contributed by atoms with E-state index in [1.807, 2.05) is 24.3 Å². The number of nitrogens with zero attached hydrogens (tertiary/aromatic N) is 5. The van der Waals surface area contributed by atoms with Gasteiger partial charge in [0.1, 0.15) is 5.75 Å². The predicted molar refractivity (Wildman–Crippen MR) is 116 cm³/mol. The molecular formula is C21H25N7O. The summed E-state index contributed by atoms with van der Waals surface area (Å²) in [6.45, 7) is 4.29. The SMILES string of the molecule is COc1ccccc1Nc1nncc(Nc2ccc(N3CCN(C)CC3)cc2)n1. The topological polar surface area (TPSA) is 78.4 Å². The Balaban J connectivity index is 1.42. The van der Waals surface area contributed by atoms with Gasteiger partial charge in [-0.2, -0.15) is 10.1 Å². The number of nitrogens with one attached hydrogen (secondary N) is 2. The van der Waals surface area contributed by atoms with E-state index in [4.69, 9.17) is 4.74 Å². The van der Waals surface area contributed by atoms with Gasteiger partial charge in [0.15, 0.2) is 5.82 Å². The summed E-state index contributed by atoms with van der Waals surface area (Å²) in [5.74, 6) is 1.73. The fourth-order valence-electron chi connectivity index (χ4n) is 3.25. The molecule has 8 heteroatoms. The molecule has 0 spiro atoms. The Morgan fingerprint density at radius 2 is 1.69 bits per heavy atom. The third kappa shape index (κ3) is 4.72. The zero-order valence-corrected chi connectivity index (χ0v) is 16.7. The van der Waals surface area contributed by atoms with Crippen molar-refractivity contribution in [1.82, 2.24) is 20.1 Å². The first-order valence-corrected chi connectivity index (χ1v) is 9.61. The standard InChI is InChI=1S/C21H25N7O/c1-27-11-13-28(14-12-27)17-9-7-16(8-10-17)23-20-15-22-26-21(25-20)24-18-5-3-4-6-19(18)29-2/h3-10,15H,11-14H2,1-2H3,(H2,23,24,25,26). The predicted octanol–water partition coefficient (Wildman–Crippen LogP) is 3.12. The second kappa shape index (κ2) is 8.74. The van der Waals surface area contributed by atoms with Crippen LogP contribution >= 0.6 is 0 Å². The molecule has 0 bridgehead atoms. The van der Waals surface area contributed by atoms with Crippen molar-refractivity contribution in [3.8, 4) is 5.75 Å². The highest BCUT2D eigenvalue weighted by atomic mass is 16.5. The number of benzene rings is 2. The number of likely N-dealkylation sites (N-methyl/N-ethyl adjacent to an activating group) is 1. The van der Waals surface area contributed by atoms with Crippen LogP contribution in [0, 0.1) is 0 Å². The van der Waals surface area contributed by atoms with Crippen LogP contribution in [0.3, 0.4) is 0 Å². The minimum Gasteiger partial charge on any atom is -0.495 e. The monoisotopic (exact) mass is 391 g/mol. The Hall–Kier alpha value is -3.39. The normalized spacial score (nSPS) is 14.5. The average molecular weight is 391 g/mol. The summed E-state index contributed by atoms with van der Waals surface area (Å²) in [5, 5.41) is 14.5. The van der Waals surface area contributed by atoms with Gasteiger partial charge in [-0.3, -0.25) is 0 Å². The van der Waals surface area contributed by atoms with Crippen molar-refractivity contribution in [2.24, 2.45) is 0 Å². The third-order valence-corrected chi connectivity index (χ3v) is 4.92. The Labute approximate surface area is 170 Å². The number of ether oxygens (including phenoxy) is 1. The highest BCUT2D eigenvalue weighted by Gasteiger charge is 2.14. The second-order valence-corrected chi connectivity index (χ2v) is 6.95. The van der Waals surface area contributed by atoms with E-state index in [-0.39, 0.29) is 0 Å². The fraction of sp³-hybridized carbons (Fsp3) is 0.286. The number of methoxy groups -OCH3 is 1. The molecule has 0 amide bonds. The van der Waals surface area contributed by atoms with Gasteiger partial charge in [0.25, 0.3) is 0 Å². The van der Waals surface area contributed by atoms with Gasteiger partial charge < -0.3 is 25.2 Å². The fourth-order valence-corrected chi connectivity index (χ4v) is 3.25. The van der Waals surface area contributed by atoms with Crippen LogP contribution in [0.1, 0.15) is 0 Å². The van der Waals surface area contributed by atoms with Gasteiger partial charge in [-0.25, -0.2) is 0 Å². The van der Waals surface area contributed by atoms with Gasteiger partial charge in [-0.05, 0) is 43.4 Å². The largest absolute Gasteiger partial charge is 0.495 e. The van der Waals surface area contributed by atoms with Crippen molar-refractivity contribution in [3.63, 3.8) is 0 Å². The molecular weight excluding hydrogens is 366 g/mol. The van der Waals surface area contributed by atoms with Crippen molar-refractivity contribution < 1.29 is 4.74 Å². The van der Waals surface area contributed by atoms with E-state index < -0.39 is 0 Å². The molecule has 0 atom stereocenters. The third-order valence-electron chi connectivity index (χ3n) is 4.92. The lowest BCUT2D eigenvalue weighted by Crippen LogP contribution is -2.44. The van der Waals surface area contributed by atoms with E-state index in [2.05, 4.69) is 66.9 Å². The van der Waals surface area contributed by atoms with Crippen LogP contribution in [0.15, 0.2) is 54.7 Å². The van der Waals surface area contributed by atoms with E-state index in [0.717, 1.165) is 37.6 Å². The summed E-state index contributed by atoms with van der Waals surface area (Å²) < 4.78 is 5.35. The van der Waals surface area contributed by atoms with Crippen molar-refractivity contribution in [2.75, 3.05) is 55.9 Å². The maximum atomic E-state index is 5.35. The van der Waals surface area contributed by atoms with E-state index in [9.17, 15) is 0 Å². The van der Waals surface area contributed by atoms with Crippen molar-refractivity contribution >= 4 is 28.8 Å². The van der Waals surface area contributed by atoms with Gasteiger partial charge in [0.05, 0.1) is 19.0 Å². The quantitative estimate of drug-likeness (QED) is 0.664. The van der Waals surface area contributed by atoms with E-state index in [0.29, 0.717) is 17.5 Å². The molecule has 0 aliphatic carbocycles. The maximum absolute atomic E-state index is 5.35. The summed E-state index contributed by atoms with van der Waals surface area (Å²) in [5.41, 5.74) is 2.97. The van der Waals surface area contributed by atoms with Gasteiger partial charge in [0.2, 0.25) is 5.95 Å². The number of para-hydroxylation sites is 2. The molecule has 4 rings (SSSR count). The molecule has 2 N–H and O–H groups in total. The first kappa shape index (κ1) is 18.9. The number of anilines is 5. The lowest BCUT2D eigenvalue weighted by Gasteiger charge is -2.34. The number of aromatic nitrogens is 3. The van der Waals surface area contributed by atoms with E-state index in [1.165, 1.54) is 5.69 Å². The van der Waals surface area contributed by atoms with Crippen LogP contribution in [0.4, 0.5) is 28.8 Å². The summed E-state index contributed by atoms with van der Waals surface area (Å²) in [6, 6.07) is 16.0. The Bertz CT molecular complexity index is 940. The molecule has 29 heavy (non-hydrogen) atoms. The minimum atomic E-state index is 0.397. The lowest BCUT2D eigenvalue weighted by molar-refractivity contribution is 0.313. The second-order valence-electron chi connectivity index (χ2n) is 6.95. The van der Waals surface area contributed by atoms with Gasteiger partial charge >= 0.3 is 0 Å². The van der Waals surface area contributed by atoms with Crippen LogP contribution in [0.5, 0.6) is 5.75 Å². The summed E-state index contributed by atoms with van der Waals surface area (Å²) in [7, 11) is 3.79. The smallest absolute Gasteiger partial charge is 0.249 e. The average Bonchev–Trinajstić information content (AvgIpc) is 2.76. The van der Waals surface area contributed by atoms with Crippen LogP contribution in [-0.4, -0.2) is 60.4 Å². The number of rotatable bonds is 6. The molecule has 3 aromatic rings. The molecule has 2 heterocycles. The molecule has 150 valence electrons. The van der Waals surface area contributed by atoms with Crippen LogP contribution < -0.4 is 20.3 Å². The first-order valence-electron chi connectivity index (χ1n) is 9.61. The zero-order valence-electron chi connectivity index (χ0n) is 16.7. The molecule has 1 aliphatic heterocycles. The highest BCUT2D eigenvalue weighted by Crippen LogP contribution is 2.26. The molecule has 0 unspecified atom stereocenters. The molecule has 1 saturated heterocycles. The molecule has 1 fully saturated rings. The molecule has 1 aromatic heterocycles. The lowest BCUT2D eigenvalue weighted by atomic mass is 10.2. The maximum Gasteiger partial charge on any atom is 0.249 e. The van der Waals surface area contributed by atoms with Gasteiger partial charge in [-0.1, -0.05) is 12.1 Å². The van der Waals surface area contributed by atoms with E-state index >= 15 is 0 Å². The summed E-state index contributed by atoms with van der Waals surface area (Å²) in [4.78, 5) is 9.25. The Morgan fingerprint density at radius 3 is 2.45 bits per heavy atom. The van der Waals surface area contributed by atoms with Crippen molar-refractivity contribution in [1.29, 1.82) is 0 Å². The van der Waals surface area contributed by atoms with Crippen molar-refractivity contribution in [3.05, 3.63) is 54.7 Å². The number of hydrogen-bond donors (Lipinski definition) is 2. The summed E-state index contributed by atoms with van der Waals surface area (Å²) in [6.07, 6.45) is 1.60. The van der Waals surface area contributed by atoms with Crippen LogP contribution in [-0.2, 0) is 0 Å². The summed E-state index contributed by atoms with van der Waals surface area (Å²) >= 11 is 0. The minimum absolute atomic E-state index is 0.397. The van der Waals surface area contributed by atoms with Crippen molar-refractivity contribution in [2.45, 2.75) is 0 Å². The first-order chi connectivity index (χ1) is 14.2. The zero-order chi connectivity index (χ0) is 20.1.